The van der Waals surface area contributed by atoms with Crippen LogP contribution in [0.5, 0.6) is 0 Å². The molecule has 0 aliphatic carbocycles. The first-order chi connectivity index (χ1) is 4.85. The fourth-order valence-electron chi connectivity index (χ4n) is 1.05. The Labute approximate surface area is 81.1 Å². The molecule has 0 bridgehead atoms. The van der Waals surface area contributed by atoms with Gasteiger partial charge in [0, 0.05) is 0 Å². The van der Waals surface area contributed by atoms with Crippen LogP contribution in [0, 0.1) is 5.92 Å². The number of hydrogen-bond acceptors (Lipinski definition) is 0. The summed E-state index contributed by atoms with van der Waals surface area (Å²) in [6.45, 7) is 4.60. The van der Waals surface area contributed by atoms with Gasteiger partial charge in [-0.2, -0.15) is 0 Å². The molecule has 2 radical (unpaired) electrons. The molecular formula is C8H17BrSn. The Bertz CT molecular complexity index is 66.3. The predicted octanol–water partition coefficient (Wildman–Crippen LogP) is 3.64. The van der Waals surface area contributed by atoms with Crippen LogP contribution in [0.3, 0.4) is 0 Å². The number of hydrogen-bond donors (Lipinski definition) is 0. The van der Waals surface area contributed by atoms with Gasteiger partial charge >= 0.3 is 81.5 Å². The van der Waals surface area contributed by atoms with Gasteiger partial charge in [-0.15, -0.1) is 0 Å². The van der Waals surface area contributed by atoms with Crippen LogP contribution in [-0.2, 0) is 0 Å². The van der Waals surface area contributed by atoms with Crippen LogP contribution in [0.15, 0.2) is 0 Å². The van der Waals surface area contributed by atoms with E-state index >= 15 is 0 Å². The van der Waals surface area contributed by atoms with Gasteiger partial charge in [-0.1, -0.05) is 0 Å². The summed E-state index contributed by atoms with van der Waals surface area (Å²) in [6, 6.07) is 0. The first kappa shape index (κ1) is 11.3. The van der Waals surface area contributed by atoms with Crippen molar-refractivity contribution < 1.29 is 0 Å². The fraction of sp³-hybridized carbons (Fsp3) is 1.00. The zero-order valence-corrected chi connectivity index (χ0v) is 11.4. The molecule has 0 aromatic rings. The second-order valence-corrected chi connectivity index (χ2v) is 8.44. The van der Waals surface area contributed by atoms with E-state index in [1.807, 2.05) is 0 Å². The van der Waals surface area contributed by atoms with E-state index in [1.54, 1.807) is 0 Å². The summed E-state index contributed by atoms with van der Waals surface area (Å²) in [7, 11) is 0. The van der Waals surface area contributed by atoms with Crippen molar-refractivity contribution in [2.24, 2.45) is 5.92 Å². The molecule has 0 nitrogen and oxygen atoms in total. The standard InChI is InChI=1S/C8H17.BrH.Sn/c1-4-6-7-8(3)5-2;;/h8H,3-7H2,1-2H3;1H;/q;;+1/p-1. The van der Waals surface area contributed by atoms with Crippen LogP contribution < -0.4 is 0 Å². The maximum atomic E-state index is 3.65. The zero-order chi connectivity index (χ0) is 7.82. The van der Waals surface area contributed by atoms with Gasteiger partial charge in [-0.05, 0) is 0 Å². The number of unbranched alkanes of at least 4 members (excludes halogenated alkanes) is 1. The van der Waals surface area contributed by atoms with Gasteiger partial charge < -0.3 is 0 Å². The van der Waals surface area contributed by atoms with Crippen molar-refractivity contribution in [3.63, 3.8) is 0 Å². The summed E-state index contributed by atoms with van der Waals surface area (Å²) in [4.78, 5) is 0. The van der Waals surface area contributed by atoms with Crippen molar-refractivity contribution >= 4 is 31.6 Å². The molecule has 0 aromatic carbocycles. The van der Waals surface area contributed by atoms with E-state index in [9.17, 15) is 0 Å². The van der Waals surface area contributed by atoms with Crippen LogP contribution >= 0.6 is 12.7 Å². The molecule has 0 saturated heterocycles. The number of rotatable bonds is 6. The molecule has 1 atom stereocenters. The van der Waals surface area contributed by atoms with Crippen molar-refractivity contribution in [2.75, 3.05) is 0 Å². The summed E-state index contributed by atoms with van der Waals surface area (Å²) in [5.74, 6) is 1.05. The van der Waals surface area contributed by atoms with E-state index in [0.29, 0.717) is 0 Å². The molecule has 0 aromatic heterocycles. The second kappa shape index (κ2) is 8.38. The van der Waals surface area contributed by atoms with E-state index in [0.717, 1.165) is 5.92 Å². The predicted molar refractivity (Wildman–Crippen MR) is 52.8 cm³/mol. The van der Waals surface area contributed by atoms with E-state index < -0.39 is 0 Å². The van der Waals surface area contributed by atoms with Crippen molar-refractivity contribution in [2.45, 2.75) is 44.0 Å². The Morgan fingerprint density at radius 3 is 2.50 bits per heavy atom. The minimum absolute atomic E-state index is 0.0919. The summed E-state index contributed by atoms with van der Waals surface area (Å²) in [6.07, 6.45) is 5.67. The molecule has 1 unspecified atom stereocenters. The van der Waals surface area contributed by atoms with Crippen LogP contribution in [-0.4, -0.2) is 18.9 Å². The Balaban J connectivity index is 3.21. The van der Waals surface area contributed by atoms with E-state index in [1.165, 1.54) is 30.1 Å². The SMILES string of the molecule is CCCCC(CC)[CH2][Sn][Br]. The molecule has 0 rings (SSSR count). The average Bonchev–Trinajstić information content (AvgIpc) is 1.98. The maximum absolute atomic E-state index is 3.65. The topological polar surface area (TPSA) is 0 Å². The molecule has 0 spiro atoms. The van der Waals surface area contributed by atoms with E-state index in [2.05, 4.69) is 26.6 Å². The normalized spacial score (nSPS) is 13.5. The molecule has 60 valence electrons. The van der Waals surface area contributed by atoms with Gasteiger partial charge in [0.2, 0.25) is 0 Å². The minimum atomic E-state index is -0.0919. The fourth-order valence-corrected chi connectivity index (χ4v) is 6.15. The molecule has 0 fully saturated rings. The first-order valence-corrected chi connectivity index (χ1v) is 12.6. The quantitative estimate of drug-likeness (QED) is 0.657. The van der Waals surface area contributed by atoms with Crippen molar-refractivity contribution in [1.29, 1.82) is 0 Å². The summed E-state index contributed by atoms with van der Waals surface area (Å²) >= 11 is 3.56. The van der Waals surface area contributed by atoms with Crippen LogP contribution in [0.1, 0.15) is 39.5 Å². The zero-order valence-electron chi connectivity index (χ0n) is 6.99. The molecule has 2 heteroatoms. The van der Waals surface area contributed by atoms with Gasteiger partial charge in [-0.25, -0.2) is 0 Å². The Morgan fingerprint density at radius 2 is 2.10 bits per heavy atom. The van der Waals surface area contributed by atoms with Crippen LogP contribution in [0.2, 0.25) is 4.44 Å². The van der Waals surface area contributed by atoms with Crippen molar-refractivity contribution in [3.8, 4) is 0 Å². The van der Waals surface area contributed by atoms with Gasteiger partial charge in [0.25, 0.3) is 0 Å². The molecule has 0 heterocycles. The van der Waals surface area contributed by atoms with Gasteiger partial charge in [-0.3, -0.25) is 0 Å². The summed E-state index contributed by atoms with van der Waals surface area (Å²) in [5.41, 5.74) is 0. The number of halogens is 1. The molecule has 0 amide bonds. The average molecular weight is 312 g/mol. The molecule has 0 aliphatic heterocycles. The summed E-state index contributed by atoms with van der Waals surface area (Å²) in [5, 5.41) is 0. The Kier molecular flexibility index (Phi) is 9.45. The summed E-state index contributed by atoms with van der Waals surface area (Å²) < 4.78 is 1.53. The molecular weight excluding hydrogens is 295 g/mol. The van der Waals surface area contributed by atoms with Gasteiger partial charge in [0.05, 0.1) is 0 Å². The third-order valence-corrected chi connectivity index (χ3v) is 6.17. The van der Waals surface area contributed by atoms with Gasteiger partial charge in [0.15, 0.2) is 0 Å². The van der Waals surface area contributed by atoms with E-state index in [4.69, 9.17) is 0 Å². The van der Waals surface area contributed by atoms with Crippen molar-refractivity contribution in [1.82, 2.24) is 0 Å². The van der Waals surface area contributed by atoms with Crippen molar-refractivity contribution in [3.05, 3.63) is 0 Å². The third-order valence-electron chi connectivity index (χ3n) is 1.91. The first-order valence-electron chi connectivity index (χ1n) is 4.18. The second-order valence-electron chi connectivity index (χ2n) is 2.75. The van der Waals surface area contributed by atoms with Gasteiger partial charge in [0.1, 0.15) is 0 Å². The van der Waals surface area contributed by atoms with Crippen LogP contribution in [0.4, 0.5) is 0 Å². The Hall–Kier alpha value is 1.28. The third kappa shape index (κ3) is 6.02. The van der Waals surface area contributed by atoms with E-state index in [-0.39, 0.29) is 18.9 Å². The molecule has 10 heavy (non-hydrogen) atoms. The molecule has 0 aliphatic rings. The monoisotopic (exact) mass is 312 g/mol. The molecule has 0 saturated carbocycles. The van der Waals surface area contributed by atoms with Crippen LogP contribution in [0.25, 0.3) is 0 Å². The molecule has 0 N–H and O–H groups in total. The Morgan fingerprint density at radius 1 is 1.40 bits per heavy atom.